The Bertz CT molecular complexity index is 797. The Morgan fingerprint density at radius 3 is 2.68 bits per heavy atom. The molecule has 1 aromatic heterocycles. The van der Waals surface area contributed by atoms with Crippen LogP contribution in [0.4, 0.5) is 5.13 Å². The highest BCUT2D eigenvalue weighted by Crippen LogP contribution is 2.28. The Hall–Kier alpha value is -1.67. The number of anilines is 1. The lowest BCUT2D eigenvalue weighted by molar-refractivity contribution is -0.127. The molecule has 22 heavy (non-hydrogen) atoms. The topological polar surface area (TPSA) is 79.4 Å². The van der Waals surface area contributed by atoms with Crippen molar-refractivity contribution in [3.63, 3.8) is 0 Å². The van der Waals surface area contributed by atoms with Crippen molar-refractivity contribution in [2.45, 2.75) is 25.5 Å². The molecule has 1 atom stereocenters. The molecule has 0 spiro atoms. The van der Waals surface area contributed by atoms with Gasteiger partial charge in [0.2, 0.25) is 15.9 Å². The Kier molecular flexibility index (Phi) is 4.72. The van der Waals surface area contributed by atoms with Gasteiger partial charge in [0.25, 0.3) is 0 Å². The van der Waals surface area contributed by atoms with Crippen LogP contribution in [0.25, 0.3) is 10.2 Å². The molecule has 1 amide bonds. The number of benzene rings is 1. The molecule has 120 valence electrons. The second kappa shape index (κ2) is 6.21. The third kappa shape index (κ3) is 3.38. The van der Waals surface area contributed by atoms with E-state index in [4.69, 9.17) is 0 Å². The van der Waals surface area contributed by atoms with E-state index in [-0.39, 0.29) is 5.13 Å². The van der Waals surface area contributed by atoms with Crippen LogP contribution in [0.15, 0.2) is 18.2 Å². The van der Waals surface area contributed by atoms with Gasteiger partial charge in [-0.25, -0.2) is 13.4 Å². The quantitative estimate of drug-likeness (QED) is 0.903. The third-order valence-electron chi connectivity index (χ3n) is 3.34. The van der Waals surface area contributed by atoms with E-state index in [0.717, 1.165) is 16.6 Å². The summed E-state index contributed by atoms with van der Waals surface area (Å²) in [4.78, 5) is 17.3. The van der Waals surface area contributed by atoms with E-state index in [1.807, 2.05) is 18.2 Å². The number of carbonyl (C=O) groups excluding carboxylic acids is 1. The molecular weight excluding hydrogens is 322 g/mol. The van der Waals surface area contributed by atoms with Crippen LogP contribution in [0.5, 0.6) is 0 Å². The van der Waals surface area contributed by atoms with Gasteiger partial charge in [0.1, 0.15) is 0 Å². The van der Waals surface area contributed by atoms with Gasteiger partial charge in [-0.2, -0.15) is 0 Å². The van der Waals surface area contributed by atoms with Gasteiger partial charge in [0.15, 0.2) is 10.4 Å². The average molecular weight is 341 g/mol. The lowest BCUT2D eigenvalue weighted by Crippen LogP contribution is -2.39. The number of sulfonamides is 1. The van der Waals surface area contributed by atoms with Gasteiger partial charge in [-0.15, -0.1) is 0 Å². The number of nitrogens with one attached hydrogen (secondary N) is 1. The predicted molar refractivity (Wildman–Crippen MR) is 89.7 cm³/mol. The standard InChI is InChI=1S/C14H19N3O3S2/c1-5-10-6-7-11-12(8-10)21-14(15-11)16-22(19,20)9(2)13(18)17(3)4/h6-9H,5H2,1-4H3,(H,15,16). The van der Waals surface area contributed by atoms with Gasteiger partial charge in [0.05, 0.1) is 10.2 Å². The van der Waals surface area contributed by atoms with E-state index in [1.165, 1.54) is 42.8 Å². The summed E-state index contributed by atoms with van der Waals surface area (Å²) in [5, 5.41) is -0.887. The van der Waals surface area contributed by atoms with E-state index in [1.54, 1.807) is 0 Å². The first-order chi connectivity index (χ1) is 10.2. The van der Waals surface area contributed by atoms with E-state index < -0.39 is 21.2 Å². The number of hydrogen-bond donors (Lipinski definition) is 1. The summed E-state index contributed by atoms with van der Waals surface area (Å²) in [6.45, 7) is 3.42. The third-order valence-corrected chi connectivity index (χ3v) is 6.02. The first-order valence-corrected chi connectivity index (χ1v) is 9.23. The van der Waals surface area contributed by atoms with Crippen molar-refractivity contribution >= 4 is 42.6 Å². The number of carbonyl (C=O) groups is 1. The second-order valence-electron chi connectivity index (χ2n) is 5.20. The largest absolute Gasteiger partial charge is 0.348 e. The highest BCUT2D eigenvalue weighted by Gasteiger charge is 2.30. The Morgan fingerprint density at radius 1 is 1.41 bits per heavy atom. The van der Waals surface area contributed by atoms with Crippen molar-refractivity contribution < 1.29 is 13.2 Å². The molecule has 1 unspecified atom stereocenters. The molecule has 0 saturated heterocycles. The molecule has 6 nitrogen and oxygen atoms in total. The molecule has 0 saturated carbocycles. The van der Waals surface area contributed by atoms with Crippen LogP contribution in [-0.4, -0.2) is 43.6 Å². The van der Waals surface area contributed by atoms with Gasteiger partial charge >= 0.3 is 0 Å². The lowest BCUT2D eigenvalue weighted by Gasteiger charge is -2.17. The zero-order valence-corrected chi connectivity index (χ0v) is 14.6. The number of amides is 1. The predicted octanol–water partition coefficient (Wildman–Crippen LogP) is 2.08. The average Bonchev–Trinajstić information content (AvgIpc) is 2.85. The lowest BCUT2D eigenvalue weighted by atomic mass is 10.2. The van der Waals surface area contributed by atoms with Crippen LogP contribution in [0.3, 0.4) is 0 Å². The number of thiazole rings is 1. The minimum Gasteiger partial charge on any atom is -0.348 e. The highest BCUT2D eigenvalue weighted by molar-refractivity contribution is 7.94. The van der Waals surface area contributed by atoms with Crippen molar-refractivity contribution in [3.05, 3.63) is 23.8 Å². The van der Waals surface area contributed by atoms with Crippen molar-refractivity contribution in [2.75, 3.05) is 18.8 Å². The number of fused-ring (bicyclic) bond motifs is 1. The highest BCUT2D eigenvalue weighted by atomic mass is 32.2. The zero-order chi connectivity index (χ0) is 16.5. The Balaban J connectivity index is 2.28. The van der Waals surface area contributed by atoms with Gasteiger partial charge in [-0.05, 0) is 31.0 Å². The number of aromatic nitrogens is 1. The molecule has 0 bridgehead atoms. The summed E-state index contributed by atoms with van der Waals surface area (Å²) in [6.07, 6.45) is 0.906. The summed E-state index contributed by atoms with van der Waals surface area (Å²) in [5.41, 5.74) is 1.91. The van der Waals surface area contributed by atoms with E-state index >= 15 is 0 Å². The van der Waals surface area contributed by atoms with E-state index in [0.29, 0.717) is 0 Å². The molecular formula is C14H19N3O3S2. The summed E-state index contributed by atoms with van der Waals surface area (Å²) < 4.78 is 27.8. The van der Waals surface area contributed by atoms with Gasteiger partial charge < -0.3 is 4.90 Å². The molecule has 2 rings (SSSR count). The molecule has 8 heteroatoms. The minimum absolute atomic E-state index is 0.279. The number of aryl methyl sites for hydroxylation is 1. The second-order valence-corrected chi connectivity index (χ2v) is 8.23. The van der Waals surface area contributed by atoms with Gasteiger partial charge in [0, 0.05) is 14.1 Å². The summed E-state index contributed by atoms with van der Waals surface area (Å²) >= 11 is 1.26. The monoisotopic (exact) mass is 341 g/mol. The van der Waals surface area contributed by atoms with Crippen molar-refractivity contribution in [2.24, 2.45) is 0 Å². The normalized spacial score (nSPS) is 13.1. The molecule has 0 aliphatic heterocycles. The summed E-state index contributed by atoms with van der Waals surface area (Å²) in [7, 11) is -0.762. The molecule has 1 heterocycles. The number of hydrogen-bond acceptors (Lipinski definition) is 5. The van der Waals surface area contributed by atoms with Crippen molar-refractivity contribution in [1.29, 1.82) is 0 Å². The molecule has 2 aromatic rings. The maximum absolute atomic E-state index is 12.3. The van der Waals surface area contributed by atoms with Crippen LogP contribution in [-0.2, 0) is 21.2 Å². The van der Waals surface area contributed by atoms with Gasteiger partial charge in [-0.3, -0.25) is 9.52 Å². The van der Waals surface area contributed by atoms with Crippen LogP contribution in [0.1, 0.15) is 19.4 Å². The van der Waals surface area contributed by atoms with Crippen LogP contribution in [0.2, 0.25) is 0 Å². The fourth-order valence-electron chi connectivity index (χ4n) is 1.94. The molecule has 0 radical (unpaired) electrons. The van der Waals surface area contributed by atoms with Crippen molar-refractivity contribution in [1.82, 2.24) is 9.88 Å². The minimum atomic E-state index is -3.81. The fraction of sp³-hybridized carbons (Fsp3) is 0.429. The SMILES string of the molecule is CCc1ccc2nc(NS(=O)(=O)C(C)C(=O)N(C)C)sc2c1. The summed E-state index contributed by atoms with van der Waals surface area (Å²) in [6, 6.07) is 5.84. The summed E-state index contributed by atoms with van der Waals surface area (Å²) in [5.74, 6) is -0.470. The van der Waals surface area contributed by atoms with E-state index in [9.17, 15) is 13.2 Å². The smallest absolute Gasteiger partial charge is 0.246 e. The Morgan fingerprint density at radius 2 is 2.09 bits per heavy atom. The van der Waals surface area contributed by atoms with Crippen LogP contribution < -0.4 is 4.72 Å². The molecule has 1 N–H and O–H groups in total. The maximum Gasteiger partial charge on any atom is 0.246 e. The van der Waals surface area contributed by atoms with Crippen LogP contribution in [0, 0.1) is 0 Å². The molecule has 0 aliphatic carbocycles. The first-order valence-electron chi connectivity index (χ1n) is 6.87. The van der Waals surface area contributed by atoms with E-state index in [2.05, 4.69) is 16.6 Å². The molecule has 1 aromatic carbocycles. The molecule has 0 fully saturated rings. The zero-order valence-electron chi connectivity index (χ0n) is 13.0. The van der Waals surface area contributed by atoms with Gasteiger partial charge in [-0.1, -0.05) is 24.3 Å². The van der Waals surface area contributed by atoms with Crippen LogP contribution >= 0.6 is 11.3 Å². The Labute approximate surface area is 134 Å². The number of rotatable bonds is 5. The maximum atomic E-state index is 12.3. The number of nitrogens with zero attached hydrogens (tertiary/aromatic N) is 2. The first kappa shape index (κ1) is 16.7. The fourth-order valence-corrected chi connectivity index (χ4v) is 4.18. The van der Waals surface area contributed by atoms with Crippen molar-refractivity contribution in [3.8, 4) is 0 Å². The molecule has 0 aliphatic rings.